The van der Waals surface area contributed by atoms with Gasteiger partial charge in [0.15, 0.2) is 0 Å². The summed E-state index contributed by atoms with van der Waals surface area (Å²) in [4.78, 5) is 0. The van der Waals surface area contributed by atoms with Crippen molar-refractivity contribution in [2.75, 3.05) is 32.8 Å². The van der Waals surface area contributed by atoms with E-state index in [1.807, 2.05) is 30.3 Å². The maximum absolute atomic E-state index is 5.78. The predicted octanol–water partition coefficient (Wildman–Crippen LogP) is 1.03. The lowest BCUT2D eigenvalue weighted by Gasteiger charge is -2.29. The second kappa shape index (κ2) is 7.36. The van der Waals surface area contributed by atoms with Crippen molar-refractivity contribution < 1.29 is 9.47 Å². The minimum Gasteiger partial charge on any atom is -0.491 e. The van der Waals surface area contributed by atoms with E-state index in [9.17, 15) is 0 Å². The van der Waals surface area contributed by atoms with Crippen LogP contribution in [0.15, 0.2) is 30.3 Å². The standard InChI is InChI=1S/C14H22N2O2/c1-12(14-11-15-7-8-16-14)17-9-10-18-13-5-3-2-4-6-13/h2-6,12,14-16H,7-11H2,1H3. The van der Waals surface area contributed by atoms with Crippen LogP contribution in [0, 0.1) is 0 Å². The van der Waals surface area contributed by atoms with Crippen LogP contribution in [0.3, 0.4) is 0 Å². The first-order valence-corrected chi connectivity index (χ1v) is 6.60. The molecule has 1 heterocycles. The van der Waals surface area contributed by atoms with Gasteiger partial charge in [0.05, 0.1) is 12.7 Å². The normalized spacial score (nSPS) is 21.5. The zero-order chi connectivity index (χ0) is 12.6. The van der Waals surface area contributed by atoms with Crippen LogP contribution in [0.4, 0.5) is 0 Å². The zero-order valence-corrected chi connectivity index (χ0v) is 10.9. The second-order valence-electron chi connectivity index (χ2n) is 4.50. The number of rotatable bonds is 6. The van der Waals surface area contributed by atoms with Gasteiger partial charge in [0.25, 0.3) is 0 Å². The van der Waals surface area contributed by atoms with Gasteiger partial charge < -0.3 is 20.1 Å². The quantitative estimate of drug-likeness (QED) is 0.740. The summed E-state index contributed by atoms with van der Waals surface area (Å²) in [5.74, 6) is 0.895. The van der Waals surface area contributed by atoms with E-state index >= 15 is 0 Å². The highest BCUT2D eigenvalue weighted by Crippen LogP contribution is 2.08. The van der Waals surface area contributed by atoms with Crippen LogP contribution >= 0.6 is 0 Å². The first kappa shape index (κ1) is 13.3. The summed E-state index contributed by atoms with van der Waals surface area (Å²) < 4.78 is 11.4. The summed E-state index contributed by atoms with van der Waals surface area (Å²) >= 11 is 0. The van der Waals surface area contributed by atoms with Gasteiger partial charge >= 0.3 is 0 Å². The highest BCUT2D eigenvalue weighted by Gasteiger charge is 2.19. The lowest BCUT2D eigenvalue weighted by molar-refractivity contribution is 0.0193. The minimum atomic E-state index is 0.206. The Kier molecular flexibility index (Phi) is 5.45. The van der Waals surface area contributed by atoms with Gasteiger partial charge in [-0.15, -0.1) is 0 Å². The van der Waals surface area contributed by atoms with Crippen LogP contribution in [-0.2, 0) is 4.74 Å². The van der Waals surface area contributed by atoms with Gasteiger partial charge in [-0.1, -0.05) is 18.2 Å². The molecular formula is C14H22N2O2. The van der Waals surface area contributed by atoms with E-state index in [2.05, 4.69) is 17.6 Å². The highest BCUT2D eigenvalue weighted by atomic mass is 16.5. The molecule has 1 aliphatic rings. The molecule has 18 heavy (non-hydrogen) atoms. The Morgan fingerprint density at radius 3 is 2.78 bits per heavy atom. The van der Waals surface area contributed by atoms with E-state index in [0.717, 1.165) is 25.4 Å². The van der Waals surface area contributed by atoms with Gasteiger partial charge in [0, 0.05) is 25.7 Å². The van der Waals surface area contributed by atoms with Gasteiger partial charge in [0.2, 0.25) is 0 Å². The van der Waals surface area contributed by atoms with Crippen molar-refractivity contribution in [3.63, 3.8) is 0 Å². The molecule has 1 aromatic rings. The first-order chi connectivity index (χ1) is 8.86. The molecule has 0 saturated carbocycles. The topological polar surface area (TPSA) is 42.5 Å². The molecule has 100 valence electrons. The molecule has 2 rings (SSSR count). The summed E-state index contributed by atoms with van der Waals surface area (Å²) in [6, 6.07) is 10.2. The Hall–Kier alpha value is -1.10. The maximum atomic E-state index is 5.78. The highest BCUT2D eigenvalue weighted by molar-refractivity contribution is 5.20. The van der Waals surface area contributed by atoms with Crippen LogP contribution in [0.1, 0.15) is 6.92 Å². The number of benzene rings is 1. The lowest BCUT2D eigenvalue weighted by Crippen LogP contribution is -2.53. The van der Waals surface area contributed by atoms with Gasteiger partial charge in [-0.2, -0.15) is 0 Å². The van der Waals surface area contributed by atoms with Crippen LogP contribution < -0.4 is 15.4 Å². The van der Waals surface area contributed by atoms with E-state index in [4.69, 9.17) is 9.47 Å². The summed E-state index contributed by atoms with van der Waals surface area (Å²) in [5, 5.41) is 6.81. The third kappa shape index (κ3) is 4.29. The van der Waals surface area contributed by atoms with Gasteiger partial charge in [0.1, 0.15) is 12.4 Å². The van der Waals surface area contributed by atoms with Gasteiger partial charge in [-0.25, -0.2) is 0 Å². The Morgan fingerprint density at radius 2 is 2.06 bits per heavy atom. The van der Waals surface area contributed by atoms with E-state index in [1.54, 1.807) is 0 Å². The molecule has 1 aromatic carbocycles. The average molecular weight is 250 g/mol. The van der Waals surface area contributed by atoms with Crippen molar-refractivity contribution >= 4 is 0 Å². The summed E-state index contributed by atoms with van der Waals surface area (Å²) in [7, 11) is 0. The van der Waals surface area contributed by atoms with Crippen LogP contribution in [0.25, 0.3) is 0 Å². The van der Waals surface area contributed by atoms with Crippen molar-refractivity contribution in [1.82, 2.24) is 10.6 Å². The summed E-state index contributed by atoms with van der Waals surface area (Å²) in [5.41, 5.74) is 0. The molecular weight excluding hydrogens is 228 g/mol. The molecule has 2 atom stereocenters. The number of hydrogen-bond acceptors (Lipinski definition) is 4. The minimum absolute atomic E-state index is 0.206. The van der Waals surface area contributed by atoms with Crippen molar-refractivity contribution in [2.24, 2.45) is 0 Å². The molecule has 0 radical (unpaired) electrons. The van der Waals surface area contributed by atoms with Crippen molar-refractivity contribution in [1.29, 1.82) is 0 Å². The molecule has 4 heteroatoms. The lowest BCUT2D eigenvalue weighted by atomic mass is 10.1. The van der Waals surface area contributed by atoms with E-state index < -0.39 is 0 Å². The third-order valence-corrected chi connectivity index (χ3v) is 3.12. The third-order valence-electron chi connectivity index (χ3n) is 3.12. The van der Waals surface area contributed by atoms with E-state index in [0.29, 0.717) is 19.3 Å². The number of piperazine rings is 1. The SMILES string of the molecule is CC(OCCOc1ccccc1)C1CNCCN1. The molecule has 0 aliphatic carbocycles. The predicted molar refractivity (Wildman–Crippen MR) is 72.0 cm³/mol. The smallest absolute Gasteiger partial charge is 0.119 e. The summed E-state index contributed by atoms with van der Waals surface area (Å²) in [6.07, 6.45) is 0.206. The number of hydrogen-bond donors (Lipinski definition) is 2. The van der Waals surface area contributed by atoms with Gasteiger partial charge in [-0.3, -0.25) is 0 Å². The molecule has 1 saturated heterocycles. The summed E-state index contributed by atoms with van der Waals surface area (Å²) in [6.45, 7) is 6.34. The van der Waals surface area contributed by atoms with E-state index in [-0.39, 0.29) is 6.10 Å². The number of nitrogens with one attached hydrogen (secondary N) is 2. The fourth-order valence-corrected chi connectivity index (χ4v) is 2.03. The Morgan fingerprint density at radius 1 is 1.22 bits per heavy atom. The molecule has 0 amide bonds. The fourth-order valence-electron chi connectivity index (χ4n) is 2.03. The maximum Gasteiger partial charge on any atom is 0.119 e. The Bertz CT molecular complexity index is 326. The molecule has 1 aliphatic heterocycles. The number of ether oxygens (including phenoxy) is 2. The molecule has 2 unspecified atom stereocenters. The molecule has 0 spiro atoms. The number of para-hydroxylation sites is 1. The Balaban J connectivity index is 1.60. The second-order valence-corrected chi connectivity index (χ2v) is 4.50. The Labute approximate surface area is 109 Å². The molecule has 4 nitrogen and oxygen atoms in total. The average Bonchev–Trinajstić information content (AvgIpc) is 2.45. The van der Waals surface area contributed by atoms with Crippen LogP contribution in [-0.4, -0.2) is 45.0 Å². The van der Waals surface area contributed by atoms with Crippen molar-refractivity contribution in [3.8, 4) is 5.75 Å². The first-order valence-electron chi connectivity index (χ1n) is 6.60. The molecule has 0 aromatic heterocycles. The van der Waals surface area contributed by atoms with Crippen LogP contribution in [0.2, 0.25) is 0 Å². The monoisotopic (exact) mass is 250 g/mol. The van der Waals surface area contributed by atoms with Gasteiger partial charge in [-0.05, 0) is 19.1 Å². The van der Waals surface area contributed by atoms with Crippen LogP contribution in [0.5, 0.6) is 5.75 Å². The molecule has 2 N–H and O–H groups in total. The van der Waals surface area contributed by atoms with Crippen molar-refractivity contribution in [2.45, 2.75) is 19.1 Å². The fraction of sp³-hybridized carbons (Fsp3) is 0.571. The largest absolute Gasteiger partial charge is 0.491 e. The van der Waals surface area contributed by atoms with Crippen molar-refractivity contribution in [3.05, 3.63) is 30.3 Å². The molecule has 1 fully saturated rings. The van der Waals surface area contributed by atoms with E-state index in [1.165, 1.54) is 0 Å². The molecule has 0 bridgehead atoms. The zero-order valence-electron chi connectivity index (χ0n) is 10.9.